The molecule has 2 aromatic rings. The van der Waals surface area contributed by atoms with Gasteiger partial charge in [0.05, 0.1) is 24.1 Å². The second kappa shape index (κ2) is 9.68. The quantitative estimate of drug-likeness (QED) is 0.621. The maximum atomic E-state index is 13.2. The number of carbonyl (C=O) groups is 3. The van der Waals surface area contributed by atoms with Gasteiger partial charge in [0.1, 0.15) is 18.5 Å². The number of anilines is 2. The molecule has 2 aliphatic rings. The summed E-state index contributed by atoms with van der Waals surface area (Å²) in [5, 5.41) is 15.0. The average molecular weight is 474 g/mol. The van der Waals surface area contributed by atoms with Crippen LogP contribution in [0, 0.1) is 0 Å². The molecule has 174 valence electrons. The van der Waals surface area contributed by atoms with Crippen molar-refractivity contribution in [3.63, 3.8) is 0 Å². The van der Waals surface area contributed by atoms with Gasteiger partial charge in [-0.2, -0.15) is 0 Å². The van der Waals surface area contributed by atoms with E-state index >= 15 is 0 Å². The average Bonchev–Trinajstić information content (AvgIpc) is 2.78. The van der Waals surface area contributed by atoms with Gasteiger partial charge in [-0.05, 0) is 55.3 Å². The highest BCUT2D eigenvalue weighted by molar-refractivity contribution is 6.30. The van der Waals surface area contributed by atoms with E-state index in [0.29, 0.717) is 40.6 Å². The highest BCUT2D eigenvalue weighted by Gasteiger charge is 2.39. The largest absolute Gasteiger partial charge is 0.490 e. The lowest BCUT2D eigenvalue weighted by Crippen LogP contribution is -2.53. The summed E-state index contributed by atoms with van der Waals surface area (Å²) in [7, 11) is 1.70. The number of hydrogen-bond donors (Lipinski definition) is 3. The van der Waals surface area contributed by atoms with Crippen molar-refractivity contribution in [1.29, 1.82) is 0 Å². The number of aliphatic carboxylic acids is 1. The third kappa shape index (κ3) is 5.37. The molecule has 33 heavy (non-hydrogen) atoms. The molecule has 0 spiro atoms. The Morgan fingerprint density at radius 1 is 1.12 bits per heavy atom. The normalized spacial score (nSPS) is 22.2. The summed E-state index contributed by atoms with van der Waals surface area (Å²) in [4.78, 5) is 38.2. The van der Waals surface area contributed by atoms with Crippen LogP contribution in [0.5, 0.6) is 5.75 Å². The molecule has 0 saturated carbocycles. The minimum Gasteiger partial charge on any atom is -0.490 e. The number of nitrogens with one attached hydrogen (secondary N) is 2. The van der Waals surface area contributed by atoms with Crippen LogP contribution in [0.25, 0.3) is 0 Å². The highest BCUT2D eigenvalue weighted by Crippen LogP contribution is 2.32. The second-order valence-electron chi connectivity index (χ2n) is 8.06. The van der Waals surface area contributed by atoms with E-state index in [4.69, 9.17) is 26.2 Å². The van der Waals surface area contributed by atoms with Gasteiger partial charge in [-0.3, -0.25) is 9.59 Å². The van der Waals surface area contributed by atoms with Gasteiger partial charge in [-0.25, -0.2) is 4.79 Å². The molecule has 4 rings (SSSR count). The summed E-state index contributed by atoms with van der Waals surface area (Å²) in [6.45, 7) is 0.190. The number of carboxylic acids is 1. The first-order chi connectivity index (χ1) is 15.8. The number of amides is 3. The minimum atomic E-state index is -0.917. The van der Waals surface area contributed by atoms with Gasteiger partial charge in [-0.15, -0.1) is 0 Å². The molecule has 1 fully saturated rings. The fraction of sp³-hybridized carbons (Fsp3) is 0.348. The van der Waals surface area contributed by atoms with Crippen molar-refractivity contribution in [3.8, 4) is 5.75 Å². The van der Waals surface area contributed by atoms with Crippen molar-refractivity contribution in [2.45, 2.75) is 37.5 Å². The number of rotatable bonds is 4. The first-order valence-corrected chi connectivity index (χ1v) is 10.9. The Bertz CT molecular complexity index is 1060. The Hall–Kier alpha value is -3.30. The lowest BCUT2D eigenvalue weighted by molar-refractivity contribution is -0.148. The Morgan fingerprint density at radius 3 is 2.55 bits per heavy atom. The summed E-state index contributed by atoms with van der Waals surface area (Å²) in [5.74, 6) is -0.806. The molecule has 1 saturated heterocycles. The summed E-state index contributed by atoms with van der Waals surface area (Å²) >= 11 is 5.86. The van der Waals surface area contributed by atoms with Gasteiger partial charge >= 0.3 is 12.0 Å². The maximum absolute atomic E-state index is 13.2. The molecule has 0 radical (unpaired) electrons. The number of hydrogen-bond acceptors (Lipinski definition) is 5. The van der Waals surface area contributed by atoms with Crippen LogP contribution < -0.4 is 15.4 Å². The van der Waals surface area contributed by atoms with Crippen molar-refractivity contribution in [3.05, 3.63) is 53.1 Å². The fourth-order valence-electron chi connectivity index (χ4n) is 4.13. The van der Waals surface area contributed by atoms with E-state index in [0.717, 1.165) is 0 Å². The number of benzene rings is 2. The molecule has 3 N–H and O–H groups in total. The first kappa shape index (κ1) is 22.9. The molecule has 2 heterocycles. The molecule has 0 aromatic heterocycles. The van der Waals surface area contributed by atoms with Crippen LogP contribution in [-0.4, -0.2) is 59.8 Å². The van der Waals surface area contributed by atoms with Crippen LogP contribution in [-0.2, 0) is 9.53 Å². The zero-order valence-corrected chi connectivity index (χ0v) is 18.7. The zero-order valence-electron chi connectivity index (χ0n) is 17.9. The lowest BCUT2D eigenvalue weighted by atomic mass is 9.94. The number of nitrogens with zero attached hydrogens (tertiary/aromatic N) is 1. The number of fused-ring (bicyclic) bond motifs is 2. The van der Waals surface area contributed by atoms with Crippen LogP contribution >= 0.6 is 11.6 Å². The van der Waals surface area contributed by atoms with Crippen molar-refractivity contribution < 1.29 is 29.0 Å². The second-order valence-corrected chi connectivity index (χ2v) is 8.50. The zero-order chi connectivity index (χ0) is 23.5. The molecule has 0 bridgehead atoms. The molecular formula is C23H24ClN3O6. The number of halogens is 1. The van der Waals surface area contributed by atoms with E-state index in [1.54, 1.807) is 54.4 Å². The third-order valence-electron chi connectivity index (χ3n) is 5.77. The van der Waals surface area contributed by atoms with Gasteiger partial charge < -0.3 is 30.1 Å². The van der Waals surface area contributed by atoms with E-state index in [9.17, 15) is 14.4 Å². The van der Waals surface area contributed by atoms with E-state index in [1.807, 2.05) is 0 Å². The van der Waals surface area contributed by atoms with Crippen molar-refractivity contribution in [2.75, 3.05) is 24.3 Å². The number of carbonyl (C=O) groups excluding carboxylic acids is 2. The summed E-state index contributed by atoms with van der Waals surface area (Å²) in [5.41, 5.74) is 1.34. The number of ether oxygens (including phenoxy) is 2. The molecule has 10 heteroatoms. The van der Waals surface area contributed by atoms with E-state index in [-0.39, 0.29) is 25.0 Å². The molecule has 3 atom stereocenters. The van der Waals surface area contributed by atoms with Crippen LogP contribution in [0.15, 0.2) is 42.5 Å². The molecule has 9 nitrogen and oxygen atoms in total. The van der Waals surface area contributed by atoms with Crippen LogP contribution in [0.2, 0.25) is 5.02 Å². The standard InChI is InChI=1S/C23H24ClN3O6/c1-27-18-8-7-16(11-21(28)29)33-20(18)12-32-19-9-6-15(10-17(19)22(27)30)26-23(31)25-14-4-2-13(24)3-5-14/h2-6,9-10,16,18,20H,7-8,11-12H2,1H3,(H,28,29)(H2,25,26,31)/t16-,18-,20+/m0/s1. The van der Waals surface area contributed by atoms with Gasteiger partial charge in [0.15, 0.2) is 0 Å². The van der Waals surface area contributed by atoms with E-state index < -0.39 is 24.2 Å². The molecule has 0 unspecified atom stereocenters. The van der Waals surface area contributed by atoms with Gasteiger partial charge in [-0.1, -0.05) is 11.6 Å². The lowest BCUT2D eigenvalue weighted by Gasteiger charge is -2.42. The third-order valence-corrected chi connectivity index (χ3v) is 6.03. The van der Waals surface area contributed by atoms with E-state index in [2.05, 4.69) is 10.6 Å². The van der Waals surface area contributed by atoms with Gasteiger partial charge in [0.25, 0.3) is 5.91 Å². The molecular weight excluding hydrogens is 450 g/mol. The molecule has 3 amide bonds. The fourth-order valence-corrected chi connectivity index (χ4v) is 4.25. The topological polar surface area (TPSA) is 117 Å². The van der Waals surface area contributed by atoms with Crippen LogP contribution in [0.4, 0.5) is 16.2 Å². The van der Waals surface area contributed by atoms with Crippen molar-refractivity contribution in [2.24, 2.45) is 0 Å². The Labute approximate surface area is 195 Å². The van der Waals surface area contributed by atoms with E-state index in [1.165, 1.54) is 0 Å². The summed E-state index contributed by atoms with van der Waals surface area (Å²) < 4.78 is 11.8. The summed E-state index contributed by atoms with van der Waals surface area (Å²) in [6.07, 6.45) is 0.258. The predicted octanol–water partition coefficient (Wildman–Crippen LogP) is 3.84. The summed E-state index contributed by atoms with van der Waals surface area (Å²) in [6, 6.07) is 10.8. The Kier molecular flexibility index (Phi) is 6.71. The Morgan fingerprint density at radius 2 is 1.82 bits per heavy atom. The van der Waals surface area contributed by atoms with Crippen molar-refractivity contribution in [1.82, 2.24) is 4.90 Å². The minimum absolute atomic E-state index is 0.0788. The smallest absolute Gasteiger partial charge is 0.323 e. The SMILES string of the molecule is CN1C(=O)c2cc(NC(=O)Nc3ccc(Cl)cc3)ccc2OC[C@H]2O[C@H](CC(=O)O)CC[C@@H]21. The molecule has 2 aliphatic heterocycles. The monoisotopic (exact) mass is 473 g/mol. The van der Waals surface area contributed by atoms with Crippen LogP contribution in [0.1, 0.15) is 29.6 Å². The molecule has 0 aliphatic carbocycles. The number of carboxylic acid groups (broad SMARTS) is 1. The van der Waals surface area contributed by atoms with Gasteiger partial charge in [0.2, 0.25) is 0 Å². The van der Waals surface area contributed by atoms with Crippen molar-refractivity contribution >= 4 is 40.9 Å². The first-order valence-electron chi connectivity index (χ1n) is 10.5. The van der Waals surface area contributed by atoms with Gasteiger partial charge in [0, 0.05) is 23.4 Å². The number of urea groups is 1. The Balaban J connectivity index is 1.48. The molecule has 2 aromatic carbocycles. The van der Waals surface area contributed by atoms with Crippen LogP contribution in [0.3, 0.4) is 0 Å². The highest BCUT2D eigenvalue weighted by atomic mass is 35.5. The maximum Gasteiger partial charge on any atom is 0.323 e. The predicted molar refractivity (Wildman–Crippen MR) is 122 cm³/mol. The number of likely N-dealkylation sites (N-methyl/N-ethyl adjacent to an activating group) is 1.